The third kappa shape index (κ3) is 2.91. The van der Waals surface area contributed by atoms with Crippen molar-refractivity contribution in [3.8, 4) is 0 Å². The zero-order chi connectivity index (χ0) is 13.1. The van der Waals surface area contributed by atoms with Crippen LogP contribution in [0.3, 0.4) is 0 Å². The van der Waals surface area contributed by atoms with Crippen LogP contribution in [0.1, 0.15) is 22.0 Å². The van der Waals surface area contributed by atoms with Crippen molar-refractivity contribution in [3.63, 3.8) is 0 Å². The molecule has 1 heterocycles. The van der Waals surface area contributed by atoms with Gasteiger partial charge in [0.1, 0.15) is 5.82 Å². The Kier molecular flexibility index (Phi) is 4.38. The molecule has 0 aliphatic rings. The zero-order valence-electron chi connectivity index (χ0n) is 10.3. The summed E-state index contributed by atoms with van der Waals surface area (Å²) >= 11 is 7.95. The fourth-order valence-corrected chi connectivity index (χ4v) is 3.30. The molecular weight excluding hydrogens is 269 g/mol. The molecule has 0 aliphatic heterocycles. The molecule has 1 aromatic carbocycles. The standard InChI is InChI=1S/C14H15ClFNS/c1-9-8-18-14(13(9)15)12(17-2)7-10-3-5-11(16)6-4-10/h3-6,8,12,17H,7H2,1-2H3. The Morgan fingerprint density at radius 1 is 1.33 bits per heavy atom. The summed E-state index contributed by atoms with van der Waals surface area (Å²) in [6, 6.07) is 6.77. The van der Waals surface area contributed by atoms with Gasteiger partial charge < -0.3 is 5.32 Å². The van der Waals surface area contributed by atoms with E-state index in [-0.39, 0.29) is 11.9 Å². The first-order valence-electron chi connectivity index (χ1n) is 5.77. The Bertz CT molecular complexity index is 521. The molecule has 1 aromatic heterocycles. The molecule has 1 unspecified atom stereocenters. The molecule has 0 saturated carbocycles. The number of rotatable bonds is 4. The molecule has 0 amide bonds. The quantitative estimate of drug-likeness (QED) is 0.879. The van der Waals surface area contributed by atoms with Gasteiger partial charge in [0.2, 0.25) is 0 Å². The molecule has 18 heavy (non-hydrogen) atoms. The molecule has 2 rings (SSSR count). The Balaban J connectivity index is 2.19. The van der Waals surface area contributed by atoms with Crippen LogP contribution in [0.4, 0.5) is 4.39 Å². The molecule has 1 N–H and O–H groups in total. The topological polar surface area (TPSA) is 12.0 Å². The third-order valence-electron chi connectivity index (χ3n) is 2.94. The van der Waals surface area contributed by atoms with Crippen LogP contribution >= 0.6 is 22.9 Å². The van der Waals surface area contributed by atoms with E-state index in [4.69, 9.17) is 11.6 Å². The van der Waals surface area contributed by atoms with Crippen molar-refractivity contribution in [3.05, 3.63) is 56.5 Å². The SMILES string of the molecule is CNC(Cc1ccc(F)cc1)c1scc(C)c1Cl. The smallest absolute Gasteiger partial charge is 0.123 e. The zero-order valence-corrected chi connectivity index (χ0v) is 11.9. The van der Waals surface area contributed by atoms with Crippen molar-refractivity contribution in [2.24, 2.45) is 0 Å². The molecule has 2 aromatic rings. The first-order chi connectivity index (χ1) is 8.61. The second-order valence-electron chi connectivity index (χ2n) is 4.27. The maximum Gasteiger partial charge on any atom is 0.123 e. The summed E-state index contributed by atoms with van der Waals surface area (Å²) in [6.45, 7) is 2.01. The van der Waals surface area contributed by atoms with E-state index in [1.165, 1.54) is 12.1 Å². The number of hydrogen-bond donors (Lipinski definition) is 1. The van der Waals surface area contributed by atoms with E-state index in [2.05, 4.69) is 10.7 Å². The average molecular weight is 284 g/mol. The Hall–Kier alpha value is -0.900. The fourth-order valence-electron chi connectivity index (χ4n) is 1.87. The summed E-state index contributed by atoms with van der Waals surface area (Å²) < 4.78 is 12.9. The number of benzene rings is 1. The maximum atomic E-state index is 12.9. The van der Waals surface area contributed by atoms with Crippen LogP contribution < -0.4 is 5.32 Å². The molecule has 0 saturated heterocycles. The minimum atomic E-state index is -0.204. The van der Waals surface area contributed by atoms with E-state index >= 15 is 0 Å². The van der Waals surface area contributed by atoms with Gasteiger partial charge in [0.15, 0.2) is 0 Å². The lowest BCUT2D eigenvalue weighted by molar-refractivity contribution is 0.598. The fraction of sp³-hybridized carbons (Fsp3) is 0.286. The number of aryl methyl sites for hydroxylation is 1. The van der Waals surface area contributed by atoms with Crippen molar-refractivity contribution in [1.29, 1.82) is 0 Å². The van der Waals surface area contributed by atoms with Crippen LogP contribution in [-0.2, 0) is 6.42 Å². The van der Waals surface area contributed by atoms with Crippen LogP contribution in [0, 0.1) is 12.7 Å². The maximum absolute atomic E-state index is 12.9. The summed E-state index contributed by atoms with van der Waals surface area (Å²) in [6.07, 6.45) is 0.802. The molecular formula is C14H15ClFNS. The highest BCUT2D eigenvalue weighted by molar-refractivity contribution is 7.10. The van der Waals surface area contributed by atoms with Crippen LogP contribution in [0.25, 0.3) is 0 Å². The van der Waals surface area contributed by atoms with E-state index in [9.17, 15) is 4.39 Å². The summed E-state index contributed by atoms with van der Waals surface area (Å²) in [5, 5.41) is 6.16. The summed E-state index contributed by atoms with van der Waals surface area (Å²) in [5.74, 6) is -0.204. The van der Waals surface area contributed by atoms with Crippen LogP contribution in [0.15, 0.2) is 29.6 Å². The number of thiophene rings is 1. The van der Waals surface area contributed by atoms with Gasteiger partial charge in [-0.1, -0.05) is 23.7 Å². The monoisotopic (exact) mass is 283 g/mol. The highest BCUT2D eigenvalue weighted by atomic mass is 35.5. The molecule has 1 atom stereocenters. The summed E-state index contributed by atoms with van der Waals surface area (Å²) in [5.41, 5.74) is 2.20. The largest absolute Gasteiger partial charge is 0.312 e. The van der Waals surface area contributed by atoms with Gasteiger partial charge in [-0.2, -0.15) is 0 Å². The minimum Gasteiger partial charge on any atom is -0.312 e. The second kappa shape index (κ2) is 5.83. The number of hydrogen-bond acceptors (Lipinski definition) is 2. The van der Waals surface area contributed by atoms with Gasteiger partial charge in [-0.3, -0.25) is 0 Å². The van der Waals surface area contributed by atoms with E-state index in [0.29, 0.717) is 0 Å². The number of halogens is 2. The van der Waals surface area contributed by atoms with Gasteiger partial charge in [-0.05, 0) is 49.0 Å². The molecule has 4 heteroatoms. The van der Waals surface area contributed by atoms with Gasteiger partial charge in [-0.25, -0.2) is 4.39 Å². The van der Waals surface area contributed by atoms with E-state index in [1.807, 2.05) is 26.1 Å². The van der Waals surface area contributed by atoms with Gasteiger partial charge >= 0.3 is 0 Å². The second-order valence-corrected chi connectivity index (χ2v) is 5.56. The van der Waals surface area contributed by atoms with Gasteiger partial charge in [0.05, 0.1) is 5.02 Å². The lowest BCUT2D eigenvalue weighted by Crippen LogP contribution is -2.18. The first kappa shape index (κ1) is 13.5. The van der Waals surface area contributed by atoms with Crippen molar-refractivity contribution < 1.29 is 4.39 Å². The number of nitrogens with one attached hydrogen (secondary N) is 1. The molecule has 0 spiro atoms. The van der Waals surface area contributed by atoms with Gasteiger partial charge in [0, 0.05) is 10.9 Å². The van der Waals surface area contributed by atoms with Crippen LogP contribution in [-0.4, -0.2) is 7.05 Å². The van der Waals surface area contributed by atoms with E-state index in [0.717, 1.165) is 27.4 Å². The van der Waals surface area contributed by atoms with E-state index in [1.54, 1.807) is 11.3 Å². The molecule has 1 nitrogen and oxygen atoms in total. The van der Waals surface area contributed by atoms with Crippen molar-refractivity contribution >= 4 is 22.9 Å². The van der Waals surface area contributed by atoms with E-state index < -0.39 is 0 Å². The lowest BCUT2D eigenvalue weighted by atomic mass is 10.0. The normalized spacial score (nSPS) is 12.7. The Morgan fingerprint density at radius 2 is 2.00 bits per heavy atom. The molecule has 0 bridgehead atoms. The van der Waals surface area contributed by atoms with Crippen molar-refractivity contribution in [2.75, 3.05) is 7.05 Å². The van der Waals surface area contributed by atoms with Crippen LogP contribution in [0.2, 0.25) is 5.02 Å². The first-order valence-corrected chi connectivity index (χ1v) is 7.02. The highest BCUT2D eigenvalue weighted by Crippen LogP contribution is 2.33. The number of likely N-dealkylation sites (N-methyl/N-ethyl adjacent to an activating group) is 1. The third-order valence-corrected chi connectivity index (χ3v) is 4.77. The summed E-state index contributed by atoms with van der Waals surface area (Å²) in [7, 11) is 1.92. The highest BCUT2D eigenvalue weighted by Gasteiger charge is 2.16. The van der Waals surface area contributed by atoms with Crippen molar-refractivity contribution in [1.82, 2.24) is 5.32 Å². The predicted octanol–water partition coefficient (Wildman–Crippen LogP) is 4.35. The molecule has 0 aliphatic carbocycles. The molecule has 0 radical (unpaired) electrons. The lowest BCUT2D eigenvalue weighted by Gasteiger charge is -2.15. The predicted molar refractivity (Wildman–Crippen MR) is 76.0 cm³/mol. The minimum absolute atomic E-state index is 0.168. The van der Waals surface area contributed by atoms with Gasteiger partial charge in [0.25, 0.3) is 0 Å². The molecule has 0 fully saturated rings. The van der Waals surface area contributed by atoms with Crippen molar-refractivity contribution in [2.45, 2.75) is 19.4 Å². The Morgan fingerprint density at radius 3 is 2.50 bits per heavy atom. The summed E-state index contributed by atoms with van der Waals surface area (Å²) in [4.78, 5) is 1.14. The van der Waals surface area contributed by atoms with Crippen LogP contribution in [0.5, 0.6) is 0 Å². The van der Waals surface area contributed by atoms with Gasteiger partial charge in [-0.15, -0.1) is 11.3 Å². The molecule has 96 valence electrons. The average Bonchev–Trinajstić information content (AvgIpc) is 2.70. The Labute approximate surface area is 116 Å².